The van der Waals surface area contributed by atoms with Crippen molar-refractivity contribution in [3.8, 4) is 11.4 Å². The number of anilines is 1. The highest BCUT2D eigenvalue weighted by Gasteiger charge is 2.33. The van der Waals surface area contributed by atoms with Crippen molar-refractivity contribution in [3.05, 3.63) is 45.6 Å². The Kier molecular flexibility index (Phi) is 7.10. The smallest absolute Gasteiger partial charge is 0.325 e. The molecule has 0 spiro atoms. The number of hydrogen-bond acceptors (Lipinski definition) is 5. The number of thioether (sulfide) groups is 1. The second-order valence-corrected chi connectivity index (χ2v) is 9.21. The maximum atomic E-state index is 13.1. The summed E-state index contributed by atoms with van der Waals surface area (Å²) >= 11 is 2.81. The van der Waals surface area contributed by atoms with Crippen molar-refractivity contribution in [2.45, 2.75) is 51.5 Å². The van der Waals surface area contributed by atoms with Crippen LogP contribution in [-0.4, -0.2) is 26.4 Å². The van der Waals surface area contributed by atoms with Crippen molar-refractivity contribution in [2.75, 3.05) is 11.1 Å². The van der Waals surface area contributed by atoms with E-state index in [4.69, 9.17) is 0 Å². The average molecular weight is 469 g/mol. The van der Waals surface area contributed by atoms with Crippen LogP contribution in [0.25, 0.3) is 11.4 Å². The van der Waals surface area contributed by atoms with Gasteiger partial charge in [-0.05, 0) is 44.9 Å². The van der Waals surface area contributed by atoms with Crippen LogP contribution in [0.5, 0.6) is 0 Å². The van der Waals surface area contributed by atoms with Gasteiger partial charge in [0.05, 0.1) is 17.0 Å². The van der Waals surface area contributed by atoms with E-state index in [1.165, 1.54) is 28.6 Å². The van der Waals surface area contributed by atoms with Crippen molar-refractivity contribution in [2.24, 2.45) is 0 Å². The number of rotatable bonds is 7. The number of para-hydroxylation sites is 1. The van der Waals surface area contributed by atoms with Crippen LogP contribution in [0.15, 0.2) is 34.8 Å². The lowest BCUT2D eigenvalue weighted by atomic mass is 10.1. The highest BCUT2D eigenvalue weighted by molar-refractivity contribution is 7.99. The van der Waals surface area contributed by atoms with Crippen LogP contribution in [0, 0.1) is 6.92 Å². The van der Waals surface area contributed by atoms with Crippen LogP contribution in [0.2, 0.25) is 0 Å². The number of halogens is 3. The van der Waals surface area contributed by atoms with Crippen LogP contribution >= 0.6 is 23.1 Å². The number of carbonyl (C=O) groups excluding carboxylic acids is 1. The summed E-state index contributed by atoms with van der Waals surface area (Å²) in [5.41, 5.74) is 1.12. The van der Waals surface area contributed by atoms with Gasteiger partial charge in [-0.15, -0.1) is 21.5 Å². The molecule has 0 radical (unpaired) electrons. The predicted molar refractivity (Wildman–Crippen MR) is 119 cm³/mol. The summed E-state index contributed by atoms with van der Waals surface area (Å²) in [4.78, 5) is 13.6. The van der Waals surface area contributed by atoms with Gasteiger partial charge in [0, 0.05) is 21.9 Å². The SMILES string of the molecule is CCc1c(-c2nnc(SCC(=O)Nc3ccccc3C(F)(F)F)n2C(C)C)csc1C. The molecule has 1 N–H and O–H groups in total. The molecule has 5 nitrogen and oxygen atoms in total. The maximum Gasteiger partial charge on any atom is 0.418 e. The zero-order valence-electron chi connectivity index (χ0n) is 17.6. The van der Waals surface area contributed by atoms with Crippen LogP contribution in [0.1, 0.15) is 42.8 Å². The second-order valence-electron chi connectivity index (χ2n) is 7.19. The molecule has 3 rings (SSSR count). The Balaban J connectivity index is 1.79. The Morgan fingerprint density at radius 2 is 1.97 bits per heavy atom. The number of aryl methyl sites for hydroxylation is 1. The summed E-state index contributed by atoms with van der Waals surface area (Å²) in [6.07, 6.45) is -3.67. The molecule has 1 aromatic carbocycles. The highest BCUT2D eigenvalue weighted by Crippen LogP contribution is 2.36. The zero-order valence-corrected chi connectivity index (χ0v) is 19.2. The fourth-order valence-electron chi connectivity index (χ4n) is 3.29. The summed E-state index contributed by atoms with van der Waals surface area (Å²) in [5, 5.41) is 13.6. The number of aromatic nitrogens is 3. The van der Waals surface area contributed by atoms with E-state index >= 15 is 0 Å². The molecule has 0 aliphatic carbocycles. The number of amides is 1. The highest BCUT2D eigenvalue weighted by atomic mass is 32.2. The fourth-order valence-corrected chi connectivity index (χ4v) is 5.09. The van der Waals surface area contributed by atoms with Gasteiger partial charge in [-0.2, -0.15) is 13.2 Å². The van der Waals surface area contributed by atoms with Gasteiger partial charge < -0.3 is 5.32 Å². The average Bonchev–Trinajstić information content (AvgIpc) is 3.28. The zero-order chi connectivity index (χ0) is 22.8. The van der Waals surface area contributed by atoms with Crippen LogP contribution in [-0.2, 0) is 17.4 Å². The Hall–Kier alpha value is -2.33. The molecule has 0 saturated heterocycles. The second kappa shape index (κ2) is 9.44. The molecule has 2 heterocycles. The van der Waals surface area contributed by atoms with Crippen molar-refractivity contribution in [3.63, 3.8) is 0 Å². The first-order valence-corrected chi connectivity index (χ1v) is 11.6. The Labute approximate surface area is 187 Å². The molecular weight excluding hydrogens is 445 g/mol. The van der Waals surface area contributed by atoms with E-state index in [0.29, 0.717) is 5.16 Å². The fraction of sp³-hybridized carbons (Fsp3) is 0.381. The standard InChI is InChI=1S/C21H23F3N4OS2/c1-5-14-13(4)30-10-15(14)19-26-27-20(28(19)12(2)3)31-11-18(29)25-17-9-7-6-8-16(17)21(22,23)24/h6-10,12H,5,11H2,1-4H3,(H,25,29). The molecule has 0 aliphatic rings. The lowest BCUT2D eigenvalue weighted by molar-refractivity contribution is -0.137. The van der Waals surface area contributed by atoms with Gasteiger partial charge in [0.25, 0.3) is 0 Å². The number of nitrogens with one attached hydrogen (secondary N) is 1. The Morgan fingerprint density at radius 1 is 1.26 bits per heavy atom. The van der Waals surface area contributed by atoms with E-state index in [2.05, 4.69) is 34.7 Å². The number of benzene rings is 1. The Bertz CT molecular complexity index is 1070. The predicted octanol–water partition coefficient (Wildman–Crippen LogP) is 6.21. The Morgan fingerprint density at radius 3 is 2.61 bits per heavy atom. The van der Waals surface area contributed by atoms with Crippen molar-refractivity contribution >= 4 is 34.7 Å². The van der Waals surface area contributed by atoms with Gasteiger partial charge in [0.15, 0.2) is 11.0 Å². The van der Waals surface area contributed by atoms with E-state index < -0.39 is 17.6 Å². The van der Waals surface area contributed by atoms with Crippen molar-refractivity contribution in [1.82, 2.24) is 14.8 Å². The van der Waals surface area contributed by atoms with Gasteiger partial charge in [0.2, 0.25) is 5.91 Å². The van der Waals surface area contributed by atoms with E-state index in [1.807, 2.05) is 18.4 Å². The van der Waals surface area contributed by atoms with Gasteiger partial charge in [-0.1, -0.05) is 30.8 Å². The molecule has 10 heteroatoms. The third kappa shape index (κ3) is 5.12. The quantitative estimate of drug-likeness (QED) is 0.419. The summed E-state index contributed by atoms with van der Waals surface area (Å²) in [6, 6.07) is 4.97. The maximum absolute atomic E-state index is 13.1. The van der Waals surface area contributed by atoms with E-state index in [-0.39, 0.29) is 17.5 Å². The molecule has 0 fully saturated rings. The first-order chi connectivity index (χ1) is 14.6. The van der Waals surface area contributed by atoms with Gasteiger partial charge >= 0.3 is 6.18 Å². The molecule has 3 aromatic rings. The first kappa shape index (κ1) is 23.3. The molecule has 0 aliphatic heterocycles. The largest absolute Gasteiger partial charge is 0.418 e. The topological polar surface area (TPSA) is 59.8 Å². The normalized spacial score (nSPS) is 11.9. The molecule has 2 aromatic heterocycles. The molecule has 31 heavy (non-hydrogen) atoms. The molecule has 0 unspecified atom stereocenters. The number of nitrogens with zero attached hydrogens (tertiary/aromatic N) is 3. The van der Waals surface area contributed by atoms with Gasteiger partial charge in [0.1, 0.15) is 0 Å². The molecule has 166 valence electrons. The molecular formula is C21H23F3N4OS2. The third-order valence-corrected chi connectivity index (χ3v) is 6.61. The summed E-state index contributed by atoms with van der Waals surface area (Å²) < 4.78 is 41.4. The number of alkyl halides is 3. The van der Waals surface area contributed by atoms with Crippen LogP contribution in [0.3, 0.4) is 0 Å². The summed E-state index contributed by atoms with van der Waals surface area (Å²) in [5.74, 6) is 0.115. The molecule has 0 saturated carbocycles. The lowest BCUT2D eigenvalue weighted by Crippen LogP contribution is -2.18. The van der Waals surface area contributed by atoms with E-state index in [1.54, 1.807) is 11.3 Å². The van der Waals surface area contributed by atoms with E-state index in [9.17, 15) is 18.0 Å². The number of carbonyl (C=O) groups is 1. The van der Waals surface area contributed by atoms with E-state index in [0.717, 1.165) is 35.6 Å². The number of thiophene rings is 1. The molecule has 0 atom stereocenters. The lowest BCUT2D eigenvalue weighted by Gasteiger charge is -2.15. The third-order valence-electron chi connectivity index (χ3n) is 4.72. The minimum absolute atomic E-state index is 0.0476. The number of hydrogen-bond donors (Lipinski definition) is 1. The molecule has 1 amide bonds. The molecule has 0 bridgehead atoms. The summed E-state index contributed by atoms with van der Waals surface area (Å²) in [7, 11) is 0. The minimum Gasteiger partial charge on any atom is -0.325 e. The van der Waals surface area contributed by atoms with Crippen LogP contribution < -0.4 is 5.32 Å². The van der Waals surface area contributed by atoms with Crippen molar-refractivity contribution in [1.29, 1.82) is 0 Å². The monoisotopic (exact) mass is 468 g/mol. The van der Waals surface area contributed by atoms with Crippen molar-refractivity contribution < 1.29 is 18.0 Å². The van der Waals surface area contributed by atoms with Crippen LogP contribution in [0.4, 0.5) is 18.9 Å². The first-order valence-electron chi connectivity index (χ1n) is 9.74. The van der Waals surface area contributed by atoms with Gasteiger partial charge in [-0.25, -0.2) is 0 Å². The van der Waals surface area contributed by atoms with Gasteiger partial charge in [-0.3, -0.25) is 9.36 Å². The summed E-state index contributed by atoms with van der Waals surface area (Å²) in [6.45, 7) is 8.16. The minimum atomic E-state index is -4.54.